The van der Waals surface area contributed by atoms with Crippen molar-refractivity contribution in [2.45, 2.75) is 20.0 Å². The smallest absolute Gasteiger partial charge is 0.295 e. The summed E-state index contributed by atoms with van der Waals surface area (Å²) < 4.78 is 37.5. The zero-order chi connectivity index (χ0) is 11.8. The molecule has 0 unspecified atom stereocenters. The van der Waals surface area contributed by atoms with E-state index in [2.05, 4.69) is 15.9 Å². The third-order valence-electron chi connectivity index (χ3n) is 1.98. The normalized spacial score (nSPS) is 11.6. The second kappa shape index (κ2) is 3.96. The zero-order valence-electron chi connectivity index (χ0n) is 8.07. The molecule has 0 saturated carbocycles. The van der Waals surface area contributed by atoms with Crippen LogP contribution in [0.3, 0.4) is 0 Å². The topological polar surface area (TPSA) is 17.1 Å². The number of carbonyl (C=O) groups is 1. The number of hydrogen-bond donors (Lipinski definition) is 0. The average Bonchev–Trinajstić information content (AvgIpc) is 1.99. The number of carbonyl (C=O) groups excluding carboxylic acids is 1. The number of alkyl halides is 3. The first kappa shape index (κ1) is 12.2. The molecule has 0 aromatic heterocycles. The molecule has 0 aliphatic carbocycles. The number of benzene rings is 1. The molecule has 0 heterocycles. The molecular weight excluding hydrogens is 273 g/mol. The molecule has 0 bridgehead atoms. The minimum Gasteiger partial charge on any atom is -0.295 e. The molecule has 0 radical (unpaired) electrons. The first-order valence-corrected chi connectivity index (χ1v) is 4.91. The highest BCUT2D eigenvalue weighted by atomic mass is 79.9. The maximum Gasteiger partial charge on any atom is 0.417 e. The second-order valence-corrected chi connectivity index (χ2v) is 4.06. The minimum absolute atomic E-state index is 0.0436. The Balaban J connectivity index is 3.41. The molecule has 1 aromatic rings. The summed E-state index contributed by atoms with van der Waals surface area (Å²) in [6, 6.07) is 2.44. The van der Waals surface area contributed by atoms with Crippen LogP contribution in [0.4, 0.5) is 13.2 Å². The summed E-state index contributed by atoms with van der Waals surface area (Å²) in [5.41, 5.74) is -0.415. The Morgan fingerprint density at radius 3 is 2.20 bits per heavy atom. The van der Waals surface area contributed by atoms with Crippen molar-refractivity contribution in [2.24, 2.45) is 0 Å². The fourth-order valence-electron chi connectivity index (χ4n) is 1.31. The van der Waals surface area contributed by atoms with Crippen LogP contribution in [0.2, 0.25) is 0 Å². The van der Waals surface area contributed by atoms with Gasteiger partial charge in [-0.3, -0.25) is 4.79 Å². The van der Waals surface area contributed by atoms with Gasteiger partial charge in [-0.15, -0.1) is 0 Å². The van der Waals surface area contributed by atoms with Crippen molar-refractivity contribution in [3.05, 3.63) is 33.3 Å². The molecule has 0 aliphatic rings. The van der Waals surface area contributed by atoms with E-state index in [1.165, 1.54) is 26.0 Å². The zero-order valence-corrected chi connectivity index (χ0v) is 9.66. The Morgan fingerprint density at radius 1 is 1.33 bits per heavy atom. The number of halogens is 4. The van der Waals surface area contributed by atoms with Crippen molar-refractivity contribution >= 4 is 21.7 Å². The molecule has 1 aromatic carbocycles. The fraction of sp³-hybridized carbons (Fsp3) is 0.300. The molecule has 5 heteroatoms. The summed E-state index contributed by atoms with van der Waals surface area (Å²) in [5, 5.41) is 0. The molecule has 1 nitrogen and oxygen atoms in total. The van der Waals surface area contributed by atoms with Crippen molar-refractivity contribution in [3.63, 3.8) is 0 Å². The summed E-state index contributed by atoms with van der Waals surface area (Å²) in [6.45, 7) is 2.65. The summed E-state index contributed by atoms with van der Waals surface area (Å²) in [5.74, 6) is -0.257. The molecule has 0 aliphatic heterocycles. The van der Waals surface area contributed by atoms with E-state index in [4.69, 9.17) is 0 Å². The van der Waals surface area contributed by atoms with Crippen LogP contribution < -0.4 is 0 Å². The Labute approximate surface area is 93.4 Å². The van der Waals surface area contributed by atoms with E-state index in [0.29, 0.717) is 0 Å². The van der Waals surface area contributed by atoms with Crippen LogP contribution in [0, 0.1) is 6.92 Å². The summed E-state index contributed by atoms with van der Waals surface area (Å²) in [4.78, 5) is 11.0. The molecule has 15 heavy (non-hydrogen) atoms. The average molecular weight is 281 g/mol. The lowest BCUT2D eigenvalue weighted by Crippen LogP contribution is -2.10. The lowest BCUT2D eigenvalue weighted by atomic mass is 10.0. The number of hydrogen-bond acceptors (Lipinski definition) is 1. The highest BCUT2D eigenvalue weighted by Gasteiger charge is 2.35. The van der Waals surface area contributed by atoms with Gasteiger partial charge in [0.1, 0.15) is 0 Å². The van der Waals surface area contributed by atoms with Crippen LogP contribution in [0.5, 0.6) is 0 Å². The first-order chi connectivity index (χ1) is 6.73. The highest BCUT2D eigenvalue weighted by Crippen LogP contribution is 2.37. The lowest BCUT2D eigenvalue weighted by molar-refractivity contribution is -0.138. The SMILES string of the molecule is CC(=O)c1cc(C)c(C(F)(F)F)c(Br)c1. The molecule has 82 valence electrons. The van der Waals surface area contributed by atoms with Crippen LogP contribution in [0.1, 0.15) is 28.4 Å². The van der Waals surface area contributed by atoms with Gasteiger partial charge in [0.25, 0.3) is 0 Å². The third kappa shape index (κ3) is 2.59. The summed E-state index contributed by atoms with van der Waals surface area (Å²) in [6.07, 6.45) is -4.40. The standard InChI is InChI=1S/C10H8BrF3O/c1-5-3-7(6(2)15)4-8(11)9(5)10(12,13)14/h3-4H,1-2H3. The molecule has 0 spiro atoms. The van der Waals surface area contributed by atoms with E-state index in [1.807, 2.05) is 0 Å². The van der Waals surface area contributed by atoms with Crippen molar-refractivity contribution in [1.82, 2.24) is 0 Å². The Morgan fingerprint density at radius 2 is 1.87 bits per heavy atom. The molecular formula is C10H8BrF3O. The van der Waals surface area contributed by atoms with Gasteiger partial charge in [-0.05, 0) is 31.5 Å². The van der Waals surface area contributed by atoms with Gasteiger partial charge in [0, 0.05) is 10.0 Å². The van der Waals surface area contributed by atoms with Gasteiger partial charge in [0.2, 0.25) is 0 Å². The third-order valence-corrected chi connectivity index (χ3v) is 2.60. The molecule has 0 saturated heterocycles. The largest absolute Gasteiger partial charge is 0.417 e. The quantitative estimate of drug-likeness (QED) is 0.711. The van der Waals surface area contributed by atoms with Gasteiger partial charge in [-0.1, -0.05) is 15.9 Å². The maximum absolute atomic E-state index is 12.5. The Bertz CT molecular complexity index is 387. The van der Waals surface area contributed by atoms with Crippen LogP contribution >= 0.6 is 15.9 Å². The monoisotopic (exact) mass is 280 g/mol. The van der Waals surface area contributed by atoms with Crippen LogP contribution in [-0.4, -0.2) is 5.78 Å². The molecule has 0 atom stereocenters. The maximum atomic E-state index is 12.5. The number of ketones is 1. The van der Waals surface area contributed by atoms with E-state index in [-0.39, 0.29) is 21.4 Å². The van der Waals surface area contributed by atoms with Gasteiger partial charge >= 0.3 is 6.18 Å². The van der Waals surface area contributed by atoms with Crippen molar-refractivity contribution in [1.29, 1.82) is 0 Å². The second-order valence-electron chi connectivity index (χ2n) is 3.20. The predicted octanol–water partition coefficient (Wildman–Crippen LogP) is 3.98. The van der Waals surface area contributed by atoms with Crippen LogP contribution in [-0.2, 0) is 6.18 Å². The Kier molecular flexibility index (Phi) is 3.23. The van der Waals surface area contributed by atoms with E-state index in [0.717, 1.165) is 0 Å². The lowest BCUT2D eigenvalue weighted by Gasteiger charge is -2.13. The summed E-state index contributed by atoms with van der Waals surface area (Å²) >= 11 is 2.83. The van der Waals surface area contributed by atoms with Gasteiger partial charge in [-0.2, -0.15) is 13.2 Å². The van der Waals surface area contributed by atoms with Crippen molar-refractivity contribution in [2.75, 3.05) is 0 Å². The molecule has 1 rings (SSSR count). The van der Waals surface area contributed by atoms with Gasteiger partial charge < -0.3 is 0 Å². The summed E-state index contributed by atoms with van der Waals surface area (Å²) in [7, 11) is 0. The minimum atomic E-state index is -4.40. The highest BCUT2D eigenvalue weighted by molar-refractivity contribution is 9.10. The first-order valence-electron chi connectivity index (χ1n) is 4.11. The van der Waals surface area contributed by atoms with E-state index < -0.39 is 11.7 Å². The molecule has 0 amide bonds. The predicted molar refractivity (Wildman–Crippen MR) is 53.9 cm³/mol. The van der Waals surface area contributed by atoms with Gasteiger partial charge in [0.05, 0.1) is 5.56 Å². The Hall–Kier alpha value is -0.840. The van der Waals surface area contributed by atoms with Crippen LogP contribution in [0.15, 0.2) is 16.6 Å². The van der Waals surface area contributed by atoms with Crippen molar-refractivity contribution < 1.29 is 18.0 Å². The molecule has 0 N–H and O–H groups in total. The number of aryl methyl sites for hydroxylation is 1. The van der Waals surface area contributed by atoms with E-state index in [1.54, 1.807) is 0 Å². The number of rotatable bonds is 1. The van der Waals surface area contributed by atoms with E-state index in [9.17, 15) is 18.0 Å². The van der Waals surface area contributed by atoms with Crippen LogP contribution in [0.25, 0.3) is 0 Å². The van der Waals surface area contributed by atoms with Gasteiger partial charge in [0.15, 0.2) is 5.78 Å². The van der Waals surface area contributed by atoms with E-state index >= 15 is 0 Å². The number of Topliss-reactive ketones (excluding diaryl/α,β-unsaturated/α-hetero) is 1. The van der Waals surface area contributed by atoms with Gasteiger partial charge in [-0.25, -0.2) is 0 Å². The molecule has 0 fully saturated rings. The fourth-order valence-corrected chi connectivity index (χ4v) is 2.09. The van der Waals surface area contributed by atoms with Crippen molar-refractivity contribution in [3.8, 4) is 0 Å².